The minimum atomic E-state index is 0.776. The van der Waals surface area contributed by atoms with Crippen LogP contribution in [-0.2, 0) is 6.42 Å². The van der Waals surface area contributed by atoms with Crippen molar-refractivity contribution in [3.63, 3.8) is 0 Å². The molecule has 0 aliphatic heterocycles. The second kappa shape index (κ2) is 5.78. The summed E-state index contributed by atoms with van der Waals surface area (Å²) in [6, 6.07) is 13.9. The van der Waals surface area contributed by atoms with Crippen molar-refractivity contribution >= 4 is 23.0 Å². The lowest BCUT2D eigenvalue weighted by atomic mass is 10.1. The molecule has 0 unspecified atom stereocenters. The van der Waals surface area contributed by atoms with Gasteiger partial charge in [0.25, 0.3) is 0 Å². The summed E-state index contributed by atoms with van der Waals surface area (Å²) in [7, 11) is 0. The van der Waals surface area contributed by atoms with E-state index in [1.807, 2.05) is 31.2 Å². The lowest BCUT2D eigenvalue weighted by Crippen LogP contribution is -2.05. The molecular formula is C15H17ClN2. The lowest BCUT2D eigenvalue weighted by Gasteiger charge is -2.08. The summed E-state index contributed by atoms with van der Waals surface area (Å²) in [5.74, 6) is 0. The molecule has 0 atom stereocenters. The second-order valence-electron chi connectivity index (χ2n) is 4.44. The first kappa shape index (κ1) is 12.8. The van der Waals surface area contributed by atoms with E-state index >= 15 is 0 Å². The van der Waals surface area contributed by atoms with Gasteiger partial charge in [0.05, 0.1) is 0 Å². The minimum Gasteiger partial charge on any atom is -0.399 e. The molecule has 0 saturated carbocycles. The van der Waals surface area contributed by atoms with E-state index in [4.69, 9.17) is 17.3 Å². The first-order valence-corrected chi connectivity index (χ1v) is 6.37. The molecule has 2 aromatic carbocycles. The van der Waals surface area contributed by atoms with Crippen LogP contribution in [-0.4, -0.2) is 6.54 Å². The Labute approximate surface area is 113 Å². The van der Waals surface area contributed by atoms with E-state index in [1.165, 1.54) is 11.1 Å². The number of hydrogen-bond acceptors (Lipinski definition) is 2. The van der Waals surface area contributed by atoms with Gasteiger partial charge < -0.3 is 11.1 Å². The van der Waals surface area contributed by atoms with E-state index in [1.54, 1.807) is 0 Å². The first-order chi connectivity index (χ1) is 8.63. The van der Waals surface area contributed by atoms with Crippen molar-refractivity contribution in [1.82, 2.24) is 0 Å². The van der Waals surface area contributed by atoms with Gasteiger partial charge in [-0.05, 0) is 54.8 Å². The highest BCUT2D eigenvalue weighted by molar-refractivity contribution is 6.30. The normalized spacial score (nSPS) is 10.3. The van der Waals surface area contributed by atoms with E-state index in [9.17, 15) is 0 Å². The maximum absolute atomic E-state index is 5.85. The molecule has 3 heteroatoms. The van der Waals surface area contributed by atoms with E-state index in [2.05, 4.69) is 23.5 Å². The molecule has 0 heterocycles. The third kappa shape index (κ3) is 3.67. The topological polar surface area (TPSA) is 38.0 Å². The van der Waals surface area contributed by atoms with E-state index < -0.39 is 0 Å². The zero-order chi connectivity index (χ0) is 13.0. The molecule has 0 saturated heterocycles. The molecule has 0 aromatic heterocycles. The number of anilines is 2. The smallest absolute Gasteiger partial charge is 0.0406 e. The summed E-state index contributed by atoms with van der Waals surface area (Å²) in [6.07, 6.45) is 0.963. The maximum atomic E-state index is 5.85. The predicted octanol–water partition coefficient (Wildman–Crippen LogP) is 3.89. The van der Waals surface area contributed by atoms with Crippen LogP contribution in [0.1, 0.15) is 11.1 Å². The van der Waals surface area contributed by atoms with Crippen LogP contribution in [0.3, 0.4) is 0 Å². The molecule has 94 valence electrons. The number of aryl methyl sites for hydroxylation is 1. The Bertz CT molecular complexity index is 500. The Morgan fingerprint density at radius 2 is 1.83 bits per heavy atom. The number of nitrogens with two attached hydrogens (primary N) is 1. The SMILES string of the molecule is Cc1cc(N)cc(NCCc2ccc(Cl)cc2)c1. The fourth-order valence-electron chi connectivity index (χ4n) is 1.92. The van der Waals surface area contributed by atoms with Gasteiger partial charge in [-0.2, -0.15) is 0 Å². The summed E-state index contributed by atoms with van der Waals surface area (Å²) in [5, 5.41) is 4.15. The van der Waals surface area contributed by atoms with Crippen LogP contribution in [0, 0.1) is 6.92 Å². The van der Waals surface area contributed by atoms with E-state index in [0.29, 0.717) is 0 Å². The standard InChI is InChI=1S/C15H17ClN2/c1-11-8-14(17)10-15(9-11)18-7-6-12-2-4-13(16)5-3-12/h2-5,8-10,18H,6-7,17H2,1H3. The van der Waals surface area contributed by atoms with Crippen LogP contribution in [0.2, 0.25) is 5.02 Å². The summed E-state index contributed by atoms with van der Waals surface area (Å²) in [6.45, 7) is 2.92. The number of rotatable bonds is 4. The highest BCUT2D eigenvalue weighted by Crippen LogP contribution is 2.16. The minimum absolute atomic E-state index is 0.776. The number of halogens is 1. The van der Waals surface area contributed by atoms with Gasteiger partial charge in [0.1, 0.15) is 0 Å². The zero-order valence-corrected chi connectivity index (χ0v) is 11.2. The van der Waals surface area contributed by atoms with Crippen molar-refractivity contribution in [2.24, 2.45) is 0 Å². The van der Waals surface area contributed by atoms with Gasteiger partial charge in [-0.15, -0.1) is 0 Å². The van der Waals surface area contributed by atoms with Gasteiger partial charge in [-0.1, -0.05) is 23.7 Å². The third-order valence-corrected chi connectivity index (χ3v) is 3.01. The number of nitrogen functional groups attached to an aromatic ring is 1. The molecule has 0 aliphatic carbocycles. The first-order valence-electron chi connectivity index (χ1n) is 5.99. The largest absolute Gasteiger partial charge is 0.399 e. The highest BCUT2D eigenvalue weighted by Gasteiger charge is 1.97. The fraction of sp³-hybridized carbons (Fsp3) is 0.200. The van der Waals surface area contributed by atoms with Crippen molar-refractivity contribution in [1.29, 1.82) is 0 Å². The average Bonchev–Trinajstić information content (AvgIpc) is 2.30. The quantitative estimate of drug-likeness (QED) is 0.819. The van der Waals surface area contributed by atoms with Crippen LogP contribution in [0.5, 0.6) is 0 Å². The summed E-state index contributed by atoms with van der Waals surface area (Å²) in [4.78, 5) is 0. The average molecular weight is 261 g/mol. The predicted molar refractivity (Wildman–Crippen MR) is 79.2 cm³/mol. The number of nitrogens with one attached hydrogen (secondary N) is 1. The maximum Gasteiger partial charge on any atom is 0.0406 e. The fourth-order valence-corrected chi connectivity index (χ4v) is 2.04. The summed E-state index contributed by atoms with van der Waals surface area (Å²) in [5.41, 5.74) is 10.1. The van der Waals surface area contributed by atoms with Crippen LogP contribution >= 0.6 is 11.6 Å². The molecule has 3 N–H and O–H groups in total. The Morgan fingerprint density at radius 1 is 1.11 bits per heavy atom. The molecule has 0 spiro atoms. The van der Waals surface area contributed by atoms with Crippen LogP contribution in [0.25, 0.3) is 0 Å². The third-order valence-electron chi connectivity index (χ3n) is 2.76. The molecule has 0 aliphatic rings. The Balaban J connectivity index is 1.90. The molecule has 2 nitrogen and oxygen atoms in total. The summed E-state index contributed by atoms with van der Waals surface area (Å²) >= 11 is 5.85. The summed E-state index contributed by atoms with van der Waals surface area (Å²) < 4.78 is 0. The van der Waals surface area contributed by atoms with Crippen molar-refractivity contribution in [2.45, 2.75) is 13.3 Å². The van der Waals surface area contributed by atoms with Gasteiger partial charge in [0, 0.05) is 22.9 Å². The van der Waals surface area contributed by atoms with E-state index in [-0.39, 0.29) is 0 Å². The monoisotopic (exact) mass is 260 g/mol. The lowest BCUT2D eigenvalue weighted by molar-refractivity contribution is 1.02. The van der Waals surface area contributed by atoms with Gasteiger partial charge in [0.15, 0.2) is 0 Å². The van der Waals surface area contributed by atoms with Crippen LogP contribution in [0.15, 0.2) is 42.5 Å². The van der Waals surface area contributed by atoms with Gasteiger partial charge in [-0.25, -0.2) is 0 Å². The molecule has 2 rings (SSSR count). The molecule has 0 amide bonds. The Hall–Kier alpha value is -1.67. The number of hydrogen-bond donors (Lipinski definition) is 2. The van der Waals surface area contributed by atoms with Crippen LogP contribution < -0.4 is 11.1 Å². The van der Waals surface area contributed by atoms with E-state index in [0.717, 1.165) is 29.4 Å². The Morgan fingerprint density at radius 3 is 2.50 bits per heavy atom. The van der Waals surface area contributed by atoms with Gasteiger partial charge in [-0.3, -0.25) is 0 Å². The molecule has 0 fully saturated rings. The number of benzene rings is 2. The van der Waals surface area contributed by atoms with Crippen molar-refractivity contribution < 1.29 is 0 Å². The van der Waals surface area contributed by atoms with Crippen molar-refractivity contribution in [3.8, 4) is 0 Å². The van der Waals surface area contributed by atoms with Gasteiger partial charge in [0.2, 0.25) is 0 Å². The second-order valence-corrected chi connectivity index (χ2v) is 4.87. The van der Waals surface area contributed by atoms with Crippen LogP contribution in [0.4, 0.5) is 11.4 Å². The Kier molecular flexibility index (Phi) is 4.11. The highest BCUT2D eigenvalue weighted by atomic mass is 35.5. The molecule has 18 heavy (non-hydrogen) atoms. The molecule has 0 bridgehead atoms. The molecule has 0 radical (unpaired) electrons. The van der Waals surface area contributed by atoms with Gasteiger partial charge >= 0.3 is 0 Å². The molecule has 2 aromatic rings. The van der Waals surface area contributed by atoms with Crippen molar-refractivity contribution in [3.05, 3.63) is 58.6 Å². The molecular weight excluding hydrogens is 244 g/mol. The van der Waals surface area contributed by atoms with Crippen molar-refractivity contribution in [2.75, 3.05) is 17.6 Å². The zero-order valence-electron chi connectivity index (χ0n) is 10.4.